The lowest BCUT2D eigenvalue weighted by molar-refractivity contribution is -0.394. The highest BCUT2D eigenvalue weighted by molar-refractivity contribution is 7.17. The van der Waals surface area contributed by atoms with Gasteiger partial charge in [0.15, 0.2) is 0 Å². The van der Waals surface area contributed by atoms with E-state index in [0.29, 0.717) is 10.6 Å². The number of nitro groups is 2. The molecule has 10 nitrogen and oxygen atoms in total. The predicted molar refractivity (Wildman–Crippen MR) is 107 cm³/mol. The van der Waals surface area contributed by atoms with Crippen LogP contribution in [0.15, 0.2) is 18.2 Å². The summed E-state index contributed by atoms with van der Waals surface area (Å²) in [5, 5.41) is 27.7. The second-order valence-corrected chi connectivity index (χ2v) is 7.66. The summed E-state index contributed by atoms with van der Waals surface area (Å²) in [5.41, 5.74) is -0.0390. The number of rotatable bonds is 5. The molecule has 0 radical (unpaired) electrons. The number of benzene rings is 1. The van der Waals surface area contributed by atoms with Gasteiger partial charge in [-0.1, -0.05) is 6.42 Å². The molecule has 0 unspecified atom stereocenters. The molecule has 2 aromatic rings. The maximum atomic E-state index is 12.7. The highest BCUT2D eigenvalue weighted by Crippen LogP contribution is 2.38. The number of aryl methyl sites for hydroxylation is 1. The number of hydrogen-bond donors (Lipinski definition) is 2. The van der Waals surface area contributed by atoms with E-state index in [4.69, 9.17) is 0 Å². The van der Waals surface area contributed by atoms with E-state index in [1.807, 2.05) is 0 Å². The maximum Gasteiger partial charge on any atom is 0.277 e. The van der Waals surface area contributed by atoms with Crippen LogP contribution in [0.2, 0.25) is 0 Å². The van der Waals surface area contributed by atoms with Crippen LogP contribution < -0.4 is 10.6 Å². The molecule has 1 aliphatic carbocycles. The van der Waals surface area contributed by atoms with Crippen molar-refractivity contribution in [2.45, 2.75) is 32.1 Å². The molecular weight excluding hydrogens is 400 g/mol. The molecule has 29 heavy (non-hydrogen) atoms. The molecule has 0 bridgehead atoms. The van der Waals surface area contributed by atoms with Gasteiger partial charge >= 0.3 is 0 Å². The summed E-state index contributed by atoms with van der Waals surface area (Å²) < 4.78 is 0. The van der Waals surface area contributed by atoms with E-state index in [1.54, 1.807) is 0 Å². The average Bonchev–Trinajstić information content (AvgIpc) is 2.87. The molecular formula is C18H18N4O6S. The van der Waals surface area contributed by atoms with Crippen LogP contribution in [0, 0.1) is 20.2 Å². The van der Waals surface area contributed by atoms with Gasteiger partial charge in [0.25, 0.3) is 23.2 Å². The van der Waals surface area contributed by atoms with Crippen LogP contribution in [0.5, 0.6) is 0 Å². The van der Waals surface area contributed by atoms with Crippen LogP contribution in [-0.2, 0) is 12.8 Å². The van der Waals surface area contributed by atoms with Gasteiger partial charge in [-0.15, -0.1) is 11.3 Å². The third kappa shape index (κ3) is 4.24. The summed E-state index contributed by atoms with van der Waals surface area (Å²) >= 11 is 1.30. The maximum absolute atomic E-state index is 12.7. The van der Waals surface area contributed by atoms with E-state index >= 15 is 0 Å². The molecule has 0 saturated heterocycles. The van der Waals surface area contributed by atoms with Crippen LogP contribution in [0.25, 0.3) is 0 Å². The third-order valence-corrected chi connectivity index (χ3v) is 5.90. The fourth-order valence-electron chi connectivity index (χ4n) is 3.31. The zero-order valence-electron chi connectivity index (χ0n) is 15.5. The first kappa shape index (κ1) is 20.4. The molecule has 3 rings (SSSR count). The Morgan fingerprint density at radius 1 is 0.966 bits per heavy atom. The lowest BCUT2D eigenvalue weighted by atomic mass is 10.0. The minimum absolute atomic E-state index is 0.225. The van der Waals surface area contributed by atoms with Gasteiger partial charge in [0.2, 0.25) is 0 Å². The van der Waals surface area contributed by atoms with Crippen molar-refractivity contribution in [1.82, 2.24) is 5.32 Å². The molecule has 152 valence electrons. The summed E-state index contributed by atoms with van der Waals surface area (Å²) in [6.07, 6.45) is 4.53. The number of hydrogen-bond acceptors (Lipinski definition) is 7. The van der Waals surface area contributed by atoms with E-state index in [2.05, 4.69) is 10.6 Å². The van der Waals surface area contributed by atoms with Gasteiger partial charge in [-0.05, 0) is 31.2 Å². The normalized spacial score (nSPS) is 13.1. The van der Waals surface area contributed by atoms with Crippen LogP contribution in [-0.4, -0.2) is 28.7 Å². The fourth-order valence-corrected chi connectivity index (χ4v) is 4.59. The van der Waals surface area contributed by atoms with Gasteiger partial charge in [0.05, 0.1) is 27.0 Å². The minimum Gasteiger partial charge on any atom is -0.355 e. The quantitative estimate of drug-likeness (QED) is 0.432. The summed E-state index contributed by atoms with van der Waals surface area (Å²) in [5.74, 6) is -1.08. The second-order valence-electron chi connectivity index (χ2n) is 6.55. The first-order valence-corrected chi connectivity index (χ1v) is 9.75. The highest BCUT2D eigenvalue weighted by Gasteiger charge is 2.26. The molecule has 11 heteroatoms. The van der Waals surface area contributed by atoms with Crippen molar-refractivity contribution in [3.8, 4) is 0 Å². The Morgan fingerprint density at radius 2 is 1.59 bits per heavy atom. The smallest absolute Gasteiger partial charge is 0.277 e. The molecule has 2 N–H and O–H groups in total. The minimum atomic E-state index is -0.799. The average molecular weight is 418 g/mol. The van der Waals surface area contributed by atoms with Crippen molar-refractivity contribution in [3.63, 3.8) is 0 Å². The molecule has 1 heterocycles. The van der Waals surface area contributed by atoms with Gasteiger partial charge in [0.1, 0.15) is 5.00 Å². The second kappa shape index (κ2) is 8.35. The van der Waals surface area contributed by atoms with Gasteiger partial charge in [-0.2, -0.15) is 0 Å². The molecule has 0 spiro atoms. The Bertz CT molecular complexity index is 984. The summed E-state index contributed by atoms with van der Waals surface area (Å²) in [7, 11) is 1.50. The lowest BCUT2D eigenvalue weighted by Crippen LogP contribution is -2.21. The Kier molecular flexibility index (Phi) is 5.87. The van der Waals surface area contributed by atoms with Crippen LogP contribution >= 0.6 is 11.3 Å². The zero-order valence-corrected chi connectivity index (χ0v) is 16.3. The summed E-state index contributed by atoms with van der Waals surface area (Å²) in [6, 6.07) is 2.74. The molecule has 0 aliphatic heterocycles. The van der Waals surface area contributed by atoms with Crippen LogP contribution in [0.4, 0.5) is 16.4 Å². The fraction of sp³-hybridized carbons (Fsp3) is 0.333. The number of nitrogens with zero attached hydrogens (tertiary/aromatic N) is 2. The number of thiophene rings is 1. The van der Waals surface area contributed by atoms with E-state index < -0.39 is 27.1 Å². The highest BCUT2D eigenvalue weighted by atomic mass is 32.1. The number of nitrogens with one attached hydrogen (secondary N) is 2. The number of anilines is 1. The monoisotopic (exact) mass is 418 g/mol. The number of fused-ring (bicyclic) bond motifs is 1. The number of carbonyl (C=O) groups excluding carboxylic acids is 2. The summed E-state index contributed by atoms with van der Waals surface area (Å²) in [4.78, 5) is 46.7. The molecule has 1 aliphatic rings. The molecule has 1 aromatic carbocycles. The van der Waals surface area contributed by atoms with Crippen molar-refractivity contribution in [2.75, 3.05) is 12.4 Å². The molecule has 0 atom stereocenters. The number of non-ortho nitro benzene ring substituents is 2. The largest absolute Gasteiger partial charge is 0.355 e. The Labute approximate surface area is 169 Å². The first-order chi connectivity index (χ1) is 13.8. The topological polar surface area (TPSA) is 144 Å². The number of carbonyl (C=O) groups is 2. The molecule has 0 saturated carbocycles. The Balaban J connectivity index is 2.00. The van der Waals surface area contributed by atoms with Crippen molar-refractivity contribution in [1.29, 1.82) is 0 Å². The first-order valence-electron chi connectivity index (χ1n) is 8.93. The summed E-state index contributed by atoms with van der Waals surface area (Å²) in [6.45, 7) is 0. The van der Waals surface area contributed by atoms with Gasteiger partial charge in [-0.3, -0.25) is 29.8 Å². The Hall–Kier alpha value is -3.34. The number of nitro benzene ring substituents is 2. The van der Waals surface area contributed by atoms with Crippen LogP contribution in [0.3, 0.4) is 0 Å². The van der Waals surface area contributed by atoms with Crippen molar-refractivity contribution >= 4 is 39.5 Å². The van der Waals surface area contributed by atoms with Gasteiger partial charge in [0, 0.05) is 24.1 Å². The van der Waals surface area contributed by atoms with Crippen molar-refractivity contribution in [2.24, 2.45) is 0 Å². The predicted octanol–water partition coefficient (Wildman–Crippen LogP) is 3.45. The lowest BCUT2D eigenvalue weighted by Gasteiger charge is -2.08. The van der Waals surface area contributed by atoms with E-state index in [9.17, 15) is 29.8 Å². The molecule has 2 amide bonds. The van der Waals surface area contributed by atoms with Crippen LogP contribution in [0.1, 0.15) is 50.4 Å². The Morgan fingerprint density at radius 3 is 2.17 bits per heavy atom. The molecule has 0 fully saturated rings. The SMILES string of the molecule is CNC(=O)c1c(NC(=O)c2cc([N+](=O)[O-])cc([N+](=O)[O-])c2)sc2c1CCCCC2. The number of amides is 2. The standard InChI is InChI=1S/C18H18N4O6S/c1-19-17(24)15-13-5-3-2-4-6-14(13)29-18(15)20-16(23)10-7-11(21(25)26)9-12(8-10)22(27)28/h7-9H,2-6H2,1H3,(H,19,24)(H,20,23). The van der Waals surface area contributed by atoms with Gasteiger partial charge < -0.3 is 10.6 Å². The zero-order chi connectivity index (χ0) is 21.1. The van der Waals surface area contributed by atoms with Crippen molar-refractivity contribution in [3.05, 3.63) is 60.0 Å². The van der Waals surface area contributed by atoms with Gasteiger partial charge in [-0.25, -0.2) is 0 Å². The van der Waals surface area contributed by atoms with Crippen molar-refractivity contribution < 1.29 is 19.4 Å². The molecule has 1 aromatic heterocycles. The third-order valence-electron chi connectivity index (χ3n) is 4.69. The van der Waals surface area contributed by atoms with E-state index in [0.717, 1.165) is 60.7 Å². The van der Waals surface area contributed by atoms with E-state index in [-0.39, 0.29) is 11.5 Å². The van der Waals surface area contributed by atoms with E-state index in [1.165, 1.54) is 18.4 Å².